The minimum Gasteiger partial charge on any atom is -0.435 e. The number of nitrogens with zero attached hydrogens (tertiary/aromatic N) is 1. The lowest BCUT2D eigenvalue weighted by atomic mass is 10.2. The van der Waals surface area contributed by atoms with E-state index in [2.05, 4.69) is 20.9 Å². The number of oxazole rings is 1. The zero-order valence-electron chi connectivity index (χ0n) is 7.01. The van der Waals surface area contributed by atoms with Gasteiger partial charge in [-0.1, -0.05) is 22.0 Å². The number of benzene rings is 1. The van der Waals surface area contributed by atoms with Gasteiger partial charge in [0, 0.05) is 5.33 Å². The number of hydrogen-bond donors (Lipinski definition) is 0. The van der Waals surface area contributed by atoms with Gasteiger partial charge in [0.05, 0.1) is 0 Å². The van der Waals surface area contributed by atoms with Crippen molar-refractivity contribution < 1.29 is 13.2 Å². The summed E-state index contributed by atoms with van der Waals surface area (Å²) in [5.41, 5.74) is 1.84. The summed E-state index contributed by atoms with van der Waals surface area (Å²) >= 11 is 3.27. The van der Waals surface area contributed by atoms with Crippen molar-refractivity contribution in [1.82, 2.24) is 4.98 Å². The van der Waals surface area contributed by atoms with Gasteiger partial charge in [-0.3, -0.25) is 0 Å². The molecule has 0 N–H and O–H groups in total. The number of alkyl halides is 3. The fourth-order valence-electron chi connectivity index (χ4n) is 1.17. The van der Waals surface area contributed by atoms with Crippen LogP contribution in [0.25, 0.3) is 11.1 Å². The average molecular weight is 262 g/mol. The van der Waals surface area contributed by atoms with Crippen LogP contribution in [0, 0.1) is 0 Å². The van der Waals surface area contributed by atoms with E-state index in [1.54, 1.807) is 18.2 Å². The zero-order chi connectivity index (χ0) is 10.1. The van der Waals surface area contributed by atoms with Crippen LogP contribution in [0.3, 0.4) is 0 Å². The third kappa shape index (κ3) is 1.64. The van der Waals surface area contributed by atoms with Gasteiger partial charge in [-0.15, -0.1) is 0 Å². The Hall–Kier alpha value is -0.970. The molecule has 0 aliphatic rings. The van der Waals surface area contributed by atoms with E-state index in [0.717, 1.165) is 5.56 Å². The molecule has 1 heterocycles. The summed E-state index contributed by atoms with van der Waals surface area (Å²) in [6, 6.07) is 5.17. The van der Waals surface area contributed by atoms with E-state index in [-0.39, 0.29) is 0 Å². The maximum absolute atomic E-state index is 12.2. The number of halogens is 3. The first kappa shape index (κ1) is 9.58. The lowest BCUT2D eigenvalue weighted by molar-refractivity contribution is 0.117. The Kier molecular flexibility index (Phi) is 2.50. The van der Waals surface area contributed by atoms with Gasteiger partial charge in [-0.05, 0) is 17.7 Å². The molecule has 0 amide bonds. The highest BCUT2D eigenvalue weighted by Gasteiger charge is 2.15. The van der Waals surface area contributed by atoms with Crippen LogP contribution in [0.2, 0.25) is 0 Å². The highest BCUT2D eigenvalue weighted by atomic mass is 79.9. The lowest BCUT2D eigenvalue weighted by Gasteiger charge is -1.91. The van der Waals surface area contributed by atoms with E-state index in [9.17, 15) is 8.78 Å². The Balaban J connectivity index is 2.54. The van der Waals surface area contributed by atoms with E-state index < -0.39 is 12.3 Å². The van der Waals surface area contributed by atoms with Crippen molar-refractivity contribution in [2.45, 2.75) is 11.8 Å². The number of fused-ring (bicyclic) bond motifs is 1. The van der Waals surface area contributed by atoms with E-state index in [4.69, 9.17) is 4.42 Å². The van der Waals surface area contributed by atoms with Gasteiger partial charge in [-0.25, -0.2) is 4.98 Å². The minimum atomic E-state index is -2.66. The summed E-state index contributed by atoms with van der Waals surface area (Å²) in [5.74, 6) is -0.522. The first-order valence-corrected chi connectivity index (χ1v) is 5.06. The monoisotopic (exact) mass is 261 g/mol. The van der Waals surface area contributed by atoms with E-state index in [0.29, 0.717) is 16.4 Å². The molecule has 0 aliphatic carbocycles. The molecule has 74 valence electrons. The number of aromatic nitrogens is 1. The highest BCUT2D eigenvalue weighted by molar-refractivity contribution is 9.08. The molecule has 0 saturated heterocycles. The zero-order valence-corrected chi connectivity index (χ0v) is 8.59. The van der Waals surface area contributed by atoms with Crippen molar-refractivity contribution in [3.63, 3.8) is 0 Å². The summed E-state index contributed by atoms with van der Waals surface area (Å²) in [5, 5.41) is 0.666. The first-order valence-electron chi connectivity index (χ1n) is 3.94. The Labute approximate surface area is 87.1 Å². The van der Waals surface area contributed by atoms with Crippen molar-refractivity contribution in [2.75, 3.05) is 0 Å². The predicted molar refractivity (Wildman–Crippen MR) is 51.6 cm³/mol. The van der Waals surface area contributed by atoms with Crippen molar-refractivity contribution in [2.24, 2.45) is 0 Å². The standard InChI is InChI=1S/C9H6BrF2NO/c10-4-5-1-2-7-6(3-5)13-9(14-7)8(11)12/h1-3,8H,4H2. The molecular formula is C9H6BrF2NO. The van der Waals surface area contributed by atoms with Crippen LogP contribution >= 0.6 is 15.9 Å². The summed E-state index contributed by atoms with van der Waals surface area (Å²) in [6.07, 6.45) is -2.66. The highest BCUT2D eigenvalue weighted by Crippen LogP contribution is 2.24. The second kappa shape index (κ2) is 3.65. The van der Waals surface area contributed by atoms with Crippen LogP contribution in [-0.4, -0.2) is 4.98 Å². The SMILES string of the molecule is FC(F)c1nc2cc(CBr)ccc2o1. The number of hydrogen-bond acceptors (Lipinski definition) is 2. The van der Waals surface area contributed by atoms with Crippen molar-refractivity contribution >= 4 is 27.0 Å². The van der Waals surface area contributed by atoms with Gasteiger partial charge in [0.15, 0.2) is 5.58 Å². The molecule has 0 radical (unpaired) electrons. The smallest absolute Gasteiger partial charge is 0.313 e. The molecule has 0 aliphatic heterocycles. The Morgan fingerprint density at radius 3 is 2.86 bits per heavy atom. The summed E-state index contributed by atoms with van der Waals surface area (Å²) in [4.78, 5) is 3.68. The first-order chi connectivity index (χ1) is 6.70. The van der Waals surface area contributed by atoms with Gasteiger partial charge in [0.1, 0.15) is 5.52 Å². The van der Waals surface area contributed by atoms with E-state index in [1.807, 2.05) is 0 Å². The molecule has 0 bridgehead atoms. The van der Waals surface area contributed by atoms with Crippen LogP contribution in [0.5, 0.6) is 0 Å². The molecule has 2 nitrogen and oxygen atoms in total. The number of rotatable bonds is 2. The van der Waals surface area contributed by atoms with Crippen LogP contribution in [0.15, 0.2) is 22.6 Å². The molecule has 0 fully saturated rings. The summed E-state index contributed by atoms with van der Waals surface area (Å²) in [6.45, 7) is 0. The molecule has 14 heavy (non-hydrogen) atoms. The topological polar surface area (TPSA) is 26.0 Å². The molecule has 0 saturated carbocycles. The minimum absolute atomic E-state index is 0.394. The third-order valence-corrected chi connectivity index (χ3v) is 2.46. The second-order valence-electron chi connectivity index (χ2n) is 2.79. The summed E-state index contributed by atoms with van der Waals surface area (Å²) < 4.78 is 29.3. The van der Waals surface area contributed by atoms with Gasteiger partial charge in [0.2, 0.25) is 0 Å². The predicted octanol–water partition coefficient (Wildman–Crippen LogP) is 3.66. The van der Waals surface area contributed by atoms with Gasteiger partial charge in [-0.2, -0.15) is 8.78 Å². The third-order valence-electron chi connectivity index (χ3n) is 1.81. The molecule has 2 rings (SSSR count). The van der Waals surface area contributed by atoms with Crippen LogP contribution in [-0.2, 0) is 5.33 Å². The molecular weight excluding hydrogens is 256 g/mol. The molecule has 5 heteroatoms. The van der Waals surface area contributed by atoms with Gasteiger partial charge >= 0.3 is 6.43 Å². The Bertz CT molecular complexity index is 455. The molecule has 0 spiro atoms. The Morgan fingerprint density at radius 1 is 1.43 bits per heavy atom. The van der Waals surface area contributed by atoms with Crippen molar-refractivity contribution in [3.05, 3.63) is 29.7 Å². The molecule has 0 unspecified atom stereocenters. The van der Waals surface area contributed by atoms with Gasteiger partial charge < -0.3 is 4.42 Å². The van der Waals surface area contributed by atoms with E-state index in [1.165, 1.54) is 0 Å². The second-order valence-corrected chi connectivity index (χ2v) is 3.35. The lowest BCUT2D eigenvalue weighted by Crippen LogP contribution is -1.81. The maximum Gasteiger partial charge on any atom is 0.313 e. The largest absolute Gasteiger partial charge is 0.435 e. The quantitative estimate of drug-likeness (QED) is 0.772. The summed E-state index contributed by atoms with van der Waals surface area (Å²) in [7, 11) is 0. The molecule has 1 aromatic heterocycles. The van der Waals surface area contributed by atoms with E-state index >= 15 is 0 Å². The normalized spacial score (nSPS) is 11.4. The molecule has 0 atom stereocenters. The average Bonchev–Trinajstić information content (AvgIpc) is 2.59. The fourth-order valence-corrected chi connectivity index (χ4v) is 1.52. The molecule has 2 aromatic rings. The van der Waals surface area contributed by atoms with Crippen molar-refractivity contribution in [3.8, 4) is 0 Å². The van der Waals surface area contributed by atoms with Crippen LogP contribution in [0.1, 0.15) is 17.9 Å². The Morgan fingerprint density at radius 2 is 2.21 bits per heavy atom. The van der Waals surface area contributed by atoms with Crippen LogP contribution < -0.4 is 0 Å². The molecule has 1 aromatic carbocycles. The van der Waals surface area contributed by atoms with Crippen molar-refractivity contribution in [1.29, 1.82) is 0 Å². The maximum atomic E-state index is 12.2. The van der Waals surface area contributed by atoms with Crippen LogP contribution in [0.4, 0.5) is 8.78 Å². The van der Waals surface area contributed by atoms with Gasteiger partial charge in [0.25, 0.3) is 5.89 Å². The fraction of sp³-hybridized carbons (Fsp3) is 0.222.